The highest BCUT2D eigenvalue weighted by molar-refractivity contribution is 14.1. The Bertz CT molecular complexity index is 1040. The molecule has 1 saturated carbocycles. The first-order valence-electron chi connectivity index (χ1n) is 9.87. The predicted molar refractivity (Wildman–Crippen MR) is 122 cm³/mol. The SMILES string of the molecule is FC(F)(F)c1cnc(Nc2ccc(OC3CCCC3)cc2)nc1Nc1cccc(I)c1. The van der Waals surface area contributed by atoms with E-state index in [9.17, 15) is 13.2 Å². The third-order valence-corrected chi connectivity index (χ3v) is 5.57. The second kappa shape index (κ2) is 9.29. The van der Waals surface area contributed by atoms with Gasteiger partial charge in [0, 0.05) is 21.1 Å². The van der Waals surface area contributed by atoms with Crippen LogP contribution in [-0.4, -0.2) is 16.1 Å². The zero-order valence-corrected chi connectivity index (χ0v) is 18.6. The maximum absolute atomic E-state index is 13.4. The Hall–Kier alpha value is -2.56. The molecule has 3 aromatic rings. The van der Waals surface area contributed by atoms with Gasteiger partial charge in [0.1, 0.15) is 17.1 Å². The van der Waals surface area contributed by atoms with Gasteiger partial charge in [-0.05, 0) is 90.7 Å². The van der Waals surface area contributed by atoms with E-state index in [0.29, 0.717) is 11.4 Å². The van der Waals surface area contributed by atoms with Crippen molar-refractivity contribution in [1.29, 1.82) is 0 Å². The first-order chi connectivity index (χ1) is 14.9. The lowest BCUT2D eigenvalue weighted by Gasteiger charge is -2.15. The van der Waals surface area contributed by atoms with E-state index >= 15 is 0 Å². The molecule has 0 radical (unpaired) electrons. The van der Waals surface area contributed by atoms with Gasteiger partial charge in [-0.25, -0.2) is 4.98 Å². The van der Waals surface area contributed by atoms with Gasteiger partial charge in [0.25, 0.3) is 0 Å². The summed E-state index contributed by atoms with van der Waals surface area (Å²) in [6.45, 7) is 0. The van der Waals surface area contributed by atoms with Gasteiger partial charge in [-0.1, -0.05) is 6.07 Å². The topological polar surface area (TPSA) is 59.1 Å². The van der Waals surface area contributed by atoms with Crippen LogP contribution in [0.25, 0.3) is 0 Å². The Balaban J connectivity index is 1.52. The molecule has 0 amide bonds. The van der Waals surface area contributed by atoms with Crippen LogP contribution in [0.5, 0.6) is 5.75 Å². The van der Waals surface area contributed by atoms with Crippen LogP contribution < -0.4 is 15.4 Å². The van der Waals surface area contributed by atoms with Crippen molar-refractivity contribution in [2.24, 2.45) is 0 Å². The molecule has 1 aliphatic carbocycles. The van der Waals surface area contributed by atoms with Crippen molar-refractivity contribution in [2.75, 3.05) is 10.6 Å². The molecule has 0 atom stereocenters. The van der Waals surface area contributed by atoms with E-state index in [2.05, 4.69) is 43.2 Å². The van der Waals surface area contributed by atoms with Gasteiger partial charge in [0.05, 0.1) is 6.10 Å². The average molecular weight is 540 g/mol. The van der Waals surface area contributed by atoms with Crippen molar-refractivity contribution in [3.63, 3.8) is 0 Å². The number of ether oxygens (including phenoxy) is 1. The highest BCUT2D eigenvalue weighted by Crippen LogP contribution is 2.35. The molecule has 9 heteroatoms. The summed E-state index contributed by atoms with van der Waals surface area (Å²) in [5, 5.41) is 5.71. The van der Waals surface area contributed by atoms with Crippen LogP contribution in [0.15, 0.2) is 54.7 Å². The molecule has 1 fully saturated rings. The molecule has 31 heavy (non-hydrogen) atoms. The maximum atomic E-state index is 13.4. The molecular weight excluding hydrogens is 520 g/mol. The molecule has 0 spiro atoms. The number of halogens is 4. The summed E-state index contributed by atoms with van der Waals surface area (Å²) in [7, 11) is 0. The van der Waals surface area contributed by atoms with Gasteiger partial charge in [0.15, 0.2) is 0 Å². The van der Waals surface area contributed by atoms with Crippen LogP contribution in [0.2, 0.25) is 0 Å². The lowest BCUT2D eigenvalue weighted by molar-refractivity contribution is -0.137. The maximum Gasteiger partial charge on any atom is 0.421 e. The fourth-order valence-electron chi connectivity index (χ4n) is 3.39. The number of nitrogens with zero attached hydrogens (tertiary/aromatic N) is 2. The number of hydrogen-bond donors (Lipinski definition) is 2. The van der Waals surface area contributed by atoms with Crippen LogP contribution in [0.1, 0.15) is 31.2 Å². The quantitative estimate of drug-likeness (QED) is 0.333. The van der Waals surface area contributed by atoms with Crippen LogP contribution in [-0.2, 0) is 6.18 Å². The number of aromatic nitrogens is 2. The Morgan fingerprint density at radius 2 is 1.71 bits per heavy atom. The Kier molecular flexibility index (Phi) is 6.49. The number of anilines is 4. The standard InChI is InChI=1S/C22H20F3IN4O/c23-22(24,25)19-13-27-21(30-20(19)28-16-5-3-4-14(26)12-16)29-15-8-10-18(11-9-15)31-17-6-1-2-7-17/h3-5,8-13,17H,1-2,6-7H2,(H2,27,28,29,30). The lowest BCUT2D eigenvalue weighted by Crippen LogP contribution is -2.12. The van der Waals surface area contributed by atoms with Crippen molar-refractivity contribution in [1.82, 2.24) is 9.97 Å². The minimum absolute atomic E-state index is 0.0607. The fourth-order valence-corrected chi connectivity index (χ4v) is 3.94. The van der Waals surface area contributed by atoms with E-state index < -0.39 is 11.7 Å². The minimum atomic E-state index is -4.58. The van der Waals surface area contributed by atoms with Gasteiger partial charge < -0.3 is 15.4 Å². The third-order valence-electron chi connectivity index (χ3n) is 4.90. The summed E-state index contributed by atoms with van der Waals surface area (Å²) in [5.41, 5.74) is 0.228. The number of rotatable bonds is 6. The molecule has 1 heterocycles. The van der Waals surface area contributed by atoms with E-state index in [1.54, 1.807) is 30.3 Å². The van der Waals surface area contributed by atoms with Crippen LogP contribution >= 0.6 is 22.6 Å². The minimum Gasteiger partial charge on any atom is -0.490 e. The van der Waals surface area contributed by atoms with Crippen molar-refractivity contribution < 1.29 is 17.9 Å². The number of nitrogens with one attached hydrogen (secondary N) is 2. The molecule has 5 nitrogen and oxygen atoms in total. The molecule has 1 aromatic heterocycles. The molecule has 0 aliphatic heterocycles. The van der Waals surface area contributed by atoms with E-state index in [0.717, 1.165) is 28.4 Å². The monoisotopic (exact) mass is 540 g/mol. The highest BCUT2D eigenvalue weighted by atomic mass is 127. The first kappa shape index (κ1) is 21.7. The Morgan fingerprint density at radius 1 is 0.968 bits per heavy atom. The molecule has 0 saturated heterocycles. The molecule has 4 rings (SSSR count). The van der Waals surface area contributed by atoms with Crippen molar-refractivity contribution >= 4 is 45.7 Å². The summed E-state index contributed by atoms with van der Waals surface area (Å²) < 4.78 is 47.2. The third kappa shape index (κ3) is 5.78. The average Bonchev–Trinajstić information content (AvgIpc) is 3.22. The van der Waals surface area contributed by atoms with Crippen LogP contribution in [0, 0.1) is 3.57 Å². The van der Waals surface area contributed by atoms with Gasteiger partial charge >= 0.3 is 6.18 Å². The number of benzene rings is 2. The van der Waals surface area contributed by atoms with Crippen LogP contribution in [0.3, 0.4) is 0 Å². The van der Waals surface area contributed by atoms with E-state index in [-0.39, 0.29) is 17.9 Å². The van der Waals surface area contributed by atoms with Gasteiger partial charge in [0.2, 0.25) is 5.95 Å². The fraction of sp³-hybridized carbons (Fsp3) is 0.273. The largest absolute Gasteiger partial charge is 0.490 e. The second-order valence-corrected chi connectivity index (χ2v) is 8.51. The summed E-state index contributed by atoms with van der Waals surface area (Å²) >= 11 is 2.09. The van der Waals surface area contributed by atoms with Crippen molar-refractivity contribution in [2.45, 2.75) is 38.0 Å². The van der Waals surface area contributed by atoms with Crippen molar-refractivity contribution in [3.8, 4) is 5.75 Å². The predicted octanol–water partition coefficient (Wildman–Crippen LogP) is 6.91. The first-order valence-corrected chi connectivity index (χ1v) is 11.0. The van der Waals surface area contributed by atoms with Crippen molar-refractivity contribution in [3.05, 3.63) is 63.9 Å². The molecule has 162 valence electrons. The Morgan fingerprint density at radius 3 is 2.39 bits per heavy atom. The summed E-state index contributed by atoms with van der Waals surface area (Å²) in [6.07, 6.45) is 0.963. The molecule has 0 bridgehead atoms. The molecule has 1 aliphatic rings. The smallest absolute Gasteiger partial charge is 0.421 e. The second-order valence-electron chi connectivity index (χ2n) is 7.26. The molecule has 0 unspecified atom stereocenters. The zero-order chi connectivity index (χ0) is 21.8. The zero-order valence-electron chi connectivity index (χ0n) is 16.4. The summed E-state index contributed by atoms with van der Waals surface area (Å²) in [5.74, 6) is 0.519. The van der Waals surface area contributed by atoms with E-state index in [4.69, 9.17) is 4.74 Å². The molecule has 2 N–H and O–H groups in total. The summed E-state index contributed by atoms with van der Waals surface area (Å²) in [6, 6.07) is 14.3. The lowest BCUT2D eigenvalue weighted by atomic mass is 10.2. The molecule has 2 aromatic carbocycles. The summed E-state index contributed by atoms with van der Waals surface area (Å²) in [4.78, 5) is 7.93. The Labute approximate surface area is 191 Å². The van der Waals surface area contributed by atoms with Gasteiger partial charge in [-0.3, -0.25) is 0 Å². The van der Waals surface area contributed by atoms with Gasteiger partial charge in [-0.2, -0.15) is 18.2 Å². The van der Waals surface area contributed by atoms with E-state index in [1.807, 2.05) is 18.2 Å². The highest BCUT2D eigenvalue weighted by Gasteiger charge is 2.35. The number of alkyl halides is 3. The van der Waals surface area contributed by atoms with E-state index in [1.165, 1.54) is 12.8 Å². The molecular formula is C22H20F3IN4O. The normalized spacial score (nSPS) is 14.5. The van der Waals surface area contributed by atoms with Crippen LogP contribution in [0.4, 0.5) is 36.3 Å². The van der Waals surface area contributed by atoms with Gasteiger partial charge in [-0.15, -0.1) is 0 Å². The number of hydrogen-bond acceptors (Lipinski definition) is 5.